The van der Waals surface area contributed by atoms with E-state index in [1.807, 2.05) is 29.7 Å². The molecular formula is C17H16N6OS2. The first kappa shape index (κ1) is 16.9. The predicted octanol–water partition coefficient (Wildman–Crippen LogP) is 2.89. The van der Waals surface area contributed by atoms with Gasteiger partial charge >= 0.3 is 0 Å². The summed E-state index contributed by atoms with van der Waals surface area (Å²) in [5.41, 5.74) is 2.75. The smallest absolute Gasteiger partial charge is 0.275 e. The van der Waals surface area contributed by atoms with Crippen molar-refractivity contribution >= 4 is 28.1 Å². The zero-order valence-electron chi connectivity index (χ0n) is 14.3. The van der Waals surface area contributed by atoms with Crippen molar-refractivity contribution in [3.05, 3.63) is 63.3 Å². The van der Waals surface area contributed by atoms with E-state index in [4.69, 9.17) is 0 Å². The lowest BCUT2D eigenvalue weighted by Gasteiger charge is -2.08. The van der Waals surface area contributed by atoms with Gasteiger partial charge in [0.2, 0.25) is 4.96 Å². The second kappa shape index (κ2) is 7.00. The highest BCUT2D eigenvalue weighted by molar-refractivity contribution is 7.98. The summed E-state index contributed by atoms with van der Waals surface area (Å²) in [6.07, 6.45) is 2.49. The van der Waals surface area contributed by atoms with Gasteiger partial charge < -0.3 is 0 Å². The summed E-state index contributed by atoms with van der Waals surface area (Å²) in [5.74, 6) is 0.537. The van der Waals surface area contributed by atoms with E-state index in [0.29, 0.717) is 16.4 Å². The Labute approximate surface area is 157 Å². The Bertz CT molecular complexity index is 1130. The van der Waals surface area contributed by atoms with Gasteiger partial charge in [-0.3, -0.25) is 9.36 Å². The lowest BCUT2D eigenvalue weighted by molar-refractivity contribution is 0.850. The first-order valence-electron chi connectivity index (χ1n) is 8.13. The third-order valence-corrected chi connectivity index (χ3v) is 5.91. The Hall–Kier alpha value is -2.52. The van der Waals surface area contributed by atoms with Crippen LogP contribution < -0.4 is 5.56 Å². The van der Waals surface area contributed by atoms with Crippen molar-refractivity contribution in [3.8, 4) is 5.69 Å². The van der Waals surface area contributed by atoms with Gasteiger partial charge in [0.05, 0.1) is 11.4 Å². The molecule has 0 radical (unpaired) electrons. The second-order valence-electron chi connectivity index (χ2n) is 5.69. The summed E-state index contributed by atoms with van der Waals surface area (Å²) in [5, 5.41) is 14.2. The normalized spacial score (nSPS) is 11.3. The minimum absolute atomic E-state index is 0.151. The standard InChI is InChI=1S/C17H16N6OS2/c1-3-14-21-23-15(24)8-12(19-16(23)26-14)9-25-17-20-18-10-22(17)13-7-5-4-6-11(13)2/h4-8,10H,3,9H2,1-2H3. The molecule has 0 spiro atoms. The van der Waals surface area contributed by atoms with E-state index < -0.39 is 0 Å². The Kier molecular flexibility index (Phi) is 4.56. The Morgan fingerprint density at radius 1 is 1.27 bits per heavy atom. The molecule has 9 heteroatoms. The average Bonchev–Trinajstić information content (AvgIpc) is 3.27. The van der Waals surface area contributed by atoms with Crippen molar-refractivity contribution in [3.63, 3.8) is 0 Å². The van der Waals surface area contributed by atoms with Crippen LogP contribution >= 0.6 is 23.1 Å². The highest BCUT2D eigenvalue weighted by Gasteiger charge is 2.12. The van der Waals surface area contributed by atoms with E-state index in [1.165, 1.54) is 33.7 Å². The van der Waals surface area contributed by atoms with Gasteiger partial charge in [0.1, 0.15) is 11.3 Å². The lowest BCUT2D eigenvalue weighted by atomic mass is 10.2. The van der Waals surface area contributed by atoms with E-state index >= 15 is 0 Å². The Morgan fingerprint density at radius 3 is 2.92 bits per heavy atom. The molecule has 0 amide bonds. The van der Waals surface area contributed by atoms with Crippen LogP contribution in [0.4, 0.5) is 0 Å². The highest BCUT2D eigenvalue weighted by atomic mass is 32.2. The third kappa shape index (κ3) is 3.15. The predicted molar refractivity (Wildman–Crippen MR) is 102 cm³/mol. The van der Waals surface area contributed by atoms with E-state index in [1.54, 1.807) is 6.33 Å². The molecule has 0 aliphatic carbocycles. The van der Waals surface area contributed by atoms with Gasteiger partial charge in [-0.15, -0.1) is 10.2 Å². The Morgan fingerprint density at radius 2 is 2.12 bits per heavy atom. The van der Waals surface area contributed by atoms with Crippen LogP contribution in [0.2, 0.25) is 0 Å². The number of aryl methyl sites for hydroxylation is 2. The number of hydrogen-bond acceptors (Lipinski definition) is 7. The van der Waals surface area contributed by atoms with Crippen LogP contribution in [-0.2, 0) is 12.2 Å². The number of thioether (sulfide) groups is 1. The molecular weight excluding hydrogens is 368 g/mol. The minimum atomic E-state index is -0.151. The molecule has 0 unspecified atom stereocenters. The van der Waals surface area contributed by atoms with Gasteiger partial charge in [0.15, 0.2) is 5.16 Å². The van der Waals surface area contributed by atoms with Crippen LogP contribution in [-0.4, -0.2) is 29.4 Å². The molecule has 3 aromatic heterocycles. The van der Waals surface area contributed by atoms with E-state index in [9.17, 15) is 4.79 Å². The second-order valence-corrected chi connectivity index (χ2v) is 7.67. The van der Waals surface area contributed by atoms with Crippen LogP contribution in [0.1, 0.15) is 23.2 Å². The van der Waals surface area contributed by atoms with Gasteiger partial charge in [0.25, 0.3) is 5.56 Å². The van der Waals surface area contributed by atoms with Gasteiger partial charge in [-0.1, -0.05) is 48.2 Å². The molecule has 3 heterocycles. The SMILES string of the molecule is CCc1nn2c(=O)cc(CSc3nncn3-c3ccccc3C)nc2s1. The van der Waals surface area contributed by atoms with Crippen molar-refractivity contribution in [2.24, 2.45) is 0 Å². The molecule has 0 fully saturated rings. The fourth-order valence-electron chi connectivity index (χ4n) is 2.57. The monoisotopic (exact) mass is 384 g/mol. The number of nitrogens with zero attached hydrogens (tertiary/aromatic N) is 6. The molecule has 1 aromatic carbocycles. The molecule has 4 aromatic rings. The van der Waals surface area contributed by atoms with Crippen molar-refractivity contribution in [1.82, 2.24) is 29.4 Å². The Balaban J connectivity index is 1.61. The fraction of sp³-hybridized carbons (Fsp3) is 0.235. The zero-order chi connectivity index (χ0) is 18.1. The molecule has 0 bridgehead atoms. The van der Waals surface area contributed by atoms with Crippen LogP contribution in [0.15, 0.2) is 46.6 Å². The van der Waals surface area contributed by atoms with Crippen molar-refractivity contribution in [2.45, 2.75) is 31.2 Å². The molecule has 0 aliphatic rings. The van der Waals surface area contributed by atoms with Crippen LogP contribution in [0.3, 0.4) is 0 Å². The first-order valence-corrected chi connectivity index (χ1v) is 9.93. The molecule has 0 saturated heterocycles. The van der Waals surface area contributed by atoms with E-state index in [2.05, 4.69) is 33.3 Å². The first-order chi connectivity index (χ1) is 12.7. The fourth-order valence-corrected chi connectivity index (χ4v) is 4.24. The summed E-state index contributed by atoms with van der Waals surface area (Å²) in [4.78, 5) is 17.4. The van der Waals surface area contributed by atoms with Crippen molar-refractivity contribution in [2.75, 3.05) is 0 Å². The molecule has 0 atom stereocenters. The summed E-state index contributed by atoms with van der Waals surface area (Å²) in [6.45, 7) is 4.06. The number of hydrogen-bond donors (Lipinski definition) is 0. The van der Waals surface area contributed by atoms with Crippen molar-refractivity contribution < 1.29 is 0 Å². The summed E-state index contributed by atoms with van der Waals surface area (Å²) < 4.78 is 3.32. The third-order valence-electron chi connectivity index (χ3n) is 3.88. The molecule has 0 saturated carbocycles. The number of benzene rings is 1. The average molecular weight is 384 g/mol. The van der Waals surface area contributed by atoms with E-state index in [0.717, 1.165) is 27.8 Å². The van der Waals surface area contributed by atoms with Gasteiger partial charge in [-0.25, -0.2) is 4.98 Å². The quantitative estimate of drug-likeness (QED) is 0.492. The lowest BCUT2D eigenvalue weighted by Crippen LogP contribution is -2.15. The number of fused-ring (bicyclic) bond motifs is 1. The highest BCUT2D eigenvalue weighted by Crippen LogP contribution is 2.24. The molecule has 132 valence electrons. The van der Waals surface area contributed by atoms with Crippen LogP contribution in [0.5, 0.6) is 0 Å². The minimum Gasteiger partial charge on any atom is -0.276 e. The summed E-state index contributed by atoms with van der Waals surface area (Å²) >= 11 is 2.95. The van der Waals surface area contributed by atoms with Crippen molar-refractivity contribution in [1.29, 1.82) is 0 Å². The van der Waals surface area contributed by atoms with E-state index in [-0.39, 0.29) is 5.56 Å². The van der Waals surface area contributed by atoms with Crippen LogP contribution in [0, 0.1) is 6.92 Å². The molecule has 0 N–H and O–H groups in total. The zero-order valence-corrected chi connectivity index (χ0v) is 15.9. The molecule has 4 rings (SSSR count). The van der Waals surface area contributed by atoms with Gasteiger partial charge in [0, 0.05) is 11.8 Å². The number of para-hydroxylation sites is 1. The maximum atomic E-state index is 12.2. The number of aromatic nitrogens is 6. The molecule has 26 heavy (non-hydrogen) atoms. The van der Waals surface area contributed by atoms with Gasteiger partial charge in [-0.2, -0.15) is 9.61 Å². The maximum Gasteiger partial charge on any atom is 0.275 e. The van der Waals surface area contributed by atoms with Crippen LogP contribution in [0.25, 0.3) is 10.6 Å². The van der Waals surface area contributed by atoms with Gasteiger partial charge in [-0.05, 0) is 25.0 Å². The summed E-state index contributed by atoms with van der Waals surface area (Å²) in [6, 6.07) is 9.61. The molecule has 7 nitrogen and oxygen atoms in total. The largest absolute Gasteiger partial charge is 0.276 e. The summed E-state index contributed by atoms with van der Waals surface area (Å²) in [7, 11) is 0. The topological polar surface area (TPSA) is 78.0 Å². The maximum absolute atomic E-state index is 12.2. The molecule has 0 aliphatic heterocycles. The number of rotatable bonds is 5.